The quantitative estimate of drug-likeness (QED) is 0.758. The van der Waals surface area contributed by atoms with Crippen molar-refractivity contribution >= 4 is 16.7 Å². The minimum absolute atomic E-state index is 0.0552. The van der Waals surface area contributed by atoms with E-state index in [1.165, 1.54) is 7.11 Å². The smallest absolute Gasteiger partial charge is 0.375 e. The fourth-order valence-corrected chi connectivity index (χ4v) is 1.78. The van der Waals surface area contributed by atoms with E-state index in [-0.39, 0.29) is 16.7 Å². The van der Waals surface area contributed by atoms with Gasteiger partial charge in [0.05, 0.1) is 14.2 Å². The second-order valence-corrected chi connectivity index (χ2v) is 3.58. The number of methoxy groups -OCH3 is 2. The van der Waals surface area contributed by atoms with Crippen molar-refractivity contribution in [2.75, 3.05) is 14.2 Å². The number of nitrogens with zero attached hydrogens (tertiary/aromatic N) is 1. The van der Waals surface area contributed by atoms with E-state index in [4.69, 9.17) is 14.4 Å². The van der Waals surface area contributed by atoms with Crippen molar-refractivity contribution in [1.29, 1.82) is 5.26 Å². The molecule has 0 spiro atoms. The molecule has 2 aromatic rings. The van der Waals surface area contributed by atoms with E-state index in [0.717, 1.165) is 7.11 Å². The highest BCUT2D eigenvalue weighted by Crippen LogP contribution is 2.26. The van der Waals surface area contributed by atoms with Crippen LogP contribution in [0.2, 0.25) is 0 Å². The van der Waals surface area contributed by atoms with Crippen LogP contribution in [0.25, 0.3) is 10.8 Å². The lowest BCUT2D eigenvalue weighted by atomic mass is 10.1. The lowest BCUT2D eigenvalue weighted by Gasteiger charge is -2.07. The van der Waals surface area contributed by atoms with E-state index in [9.17, 15) is 9.59 Å². The topological polar surface area (TPSA) is 89.5 Å². The molecule has 0 saturated carbocycles. The van der Waals surface area contributed by atoms with Crippen molar-refractivity contribution in [2.24, 2.45) is 0 Å². The summed E-state index contributed by atoms with van der Waals surface area (Å²) in [5, 5.41) is 9.56. The van der Waals surface area contributed by atoms with Crippen LogP contribution in [0.3, 0.4) is 0 Å². The Hall–Kier alpha value is -2.81. The minimum Gasteiger partial charge on any atom is -0.496 e. The van der Waals surface area contributed by atoms with Gasteiger partial charge in [-0.05, 0) is 6.07 Å². The predicted molar refractivity (Wildman–Crippen MR) is 65.1 cm³/mol. The molecule has 0 amide bonds. The molecule has 0 bridgehead atoms. The molecule has 1 heterocycles. The summed E-state index contributed by atoms with van der Waals surface area (Å²) in [6, 6.07) is 6.57. The van der Waals surface area contributed by atoms with Gasteiger partial charge < -0.3 is 13.9 Å². The Morgan fingerprint density at radius 3 is 2.68 bits per heavy atom. The zero-order valence-corrected chi connectivity index (χ0v) is 10.2. The van der Waals surface area contributed by atoms with Gasteiger partial charge in [0.25, 0.3) is 0 Å². The molecule has 0 saturated heterocycles. The zero-order chi connectivity index (χ0) is 14.0. The summed E-state index contributed by atoms with van der Waals surface area (Å²) in [5.41, 5.74) is -0.813. The van der Waals surface area contributed by atoms with Gasteiger partial charge in [-0.2, -0.15) is 5.26 Å². The van der Waals surface area contributed by atoms with Crippen LogP contribution in [-0.4, -0.2) is 20.2 Å². The summed E-state index contributed by atoms with van der Waals surface area (Å²) in [6.07, 6.45) is 0. The van der Waals surface area contributed by atoms with Crippen LogP contribution in [-0.2, 0) is 4.74 Å². The average Bonchev–Trinajstić information content (AvgIpc) is 2.45. The Kier molecular flexibility index (Phi) is 3.21. The molecule has 6 nitrogen and oxygen atoms in total. The Balaban J connectivity index is 2.97. The summed E-state index contributed by atoms with van der Waals surface area (Å²) < 4.78 is 14.4. The van der Waals surface area contributed by atoms with Crippen molar-refractivity contribution in [3.8, 4) is 11.8 Å². The van der Waals surface area contributed by atoms with Gasteiger partial charge in [-0.1, -0.05) is 12.1 Å². The third kappa shape index (κ3) is 1.91. The molecular formula is C13H9NO5. The molecule has 0 atom stereocenters. The molecule has 1 aromatic carbocycles. The van der Waals surface area contributed by atoms with E-state index in [1.54, 1.807) is 18.2 Å². The molecule has 0 aliphatic carbocycles. The second kappa shape index (κ2) is 4.82. The van der Waals surface area contributed by atoms with Crippen LogP contribution in [0.4, 0.5) is 0 Å². The minimum atomic E-state index is -0.877. The fourth-order valence-electron chi connectivity index (χ4n) is 1.78. The first-order valence-corrected chi connectivity index (χ1v) is 5.26. The van der Waals surface area contributed by atoms with Gasteiger partial charge in [0.2, 0.25) is 5.76 Å². The normalized spacial score (nSPS) is 9.95. The first-order valence-electron chi connectivity index (χ1n) is 5.26. The van der Waals surface area contributed by atoms with Gasteiger partial charge in [-0.3, -0.25) is 0 Å². The van der Waals surface area contributed by atoms with Gasteiger partial charge in [0.15, 0.2) is 0 Å². The molecule has 0 fully saturated rings. The Bertz CT molecular complexity index is 754. The third-order valence-corrected chi connectivity index (χ3v) is 2.62. The summed E-state index contributed by atoms with van der Waals surface area (Å²) in [7, 11) is 2.54. The Morgan fingerprint density at radius 1 is 1.37 bits per heavy atom. The van der Waals surface area contributed by atoms with Crippen LogP contribution in [0.15, 0.2) is 27.4 Å². The lowest BCUT2D eigenvalue weighted by Crippen LogP contribution is -2.12. The van der Waals surface area contributed by atoms with E-state index in [0.29, 0.717) is 5.39 Å². The van der Waals surface area contributed by atoms with Crippen molar-refractivity contribution in [3.05, 3.63) is 39.9 Å². The van der Waals surface area contributed by atoms with Gasteiger partial charge in [0, 0.05) is 5.39 Å². The lowest BCUT2D eigenvalue weighted by molar-refractivity contribution is 0.0560. The number of nitriles is 1. The molecule has 0 aliphatic heterocycles. The molecule has 96 valence electrons. The molecule has 2 rings (SSSR count). The number of carbonyl (C=O) groups excluding carboxylic acids is 1. The van der Waals surface area contributed by atoms with E-state index >= 15 is 0 Å². The average molecular weight is 259 g/mol. The van der Waals surface area contributed by atoms with Crippen LogP contribution >= 0.6 is 0 Å². The molecule has 6 heteroatoms. The van der Waals surface area contributed by atoms with Gasteiger partial charge in [-0.25, -0.2) is 9.59 Å². The summed E-state index contributed by atoms with van der Waals surface area (Å²) >= 11 is 0. The Morgan fingerprint density at radius 2 is 2.11 bits per heavy atom. The van der Waals surface area contributed by atoms with Gasteiger partial charge in [0.1, 0.15) is 22.8 Å². The number of hydrogen-bond acceptors (Lipinski definition) is 6. The first kappa shape index (κ1) is 12.6. The monoisotopic (exact) mass is 259 g/mol. The van der Waals surface area contributed by atoms with Crippen molar-refractivity contribution in [1.82, 2.24) is 0 Å². The highest BCUT2D eigenvalue weighted by Gasteiger charge is 2.22. The molecule has 19 heavy (non-hydrogen) atoms. The van der Waals surface area contributed by atoms with Crippen molar-refractivity contribution in [2.45, 2.75) is 0 Å². The third-order valence-electron chi connectivity index (χ3n) is 2.62. The molecule has 1 aromatic heterocycles. The number of rotatable bonds is 2. The maximum Gasteiger partial charge on any atom is 0.375 e. The zero-order valence-electron chi connectivity index (χ0n) is 10.2. The number of ether oxygens (including phenoxy) is 2. The maximum atomic E-state index is 11.9. The summed E-state index contributed by atoms with van der Waals surface area (Å²) in [6.45, 7) is 0. The van der Waals surface area contributed by atoms with E-state index < -0.39 is 17.4 Å². The van der Waals surface area contributed by atoms with E-state index in [2.05, 4.69) is 4.74 Å². The summed E-state index contributed by atoms with van der Waals surface area (Å²) in [4.78, 5) is 23.4. The highest BCUT2D eigenvalue weighted by atomic mass is 16.5. The molecular weight excluding hydrogens is 250 g/mol. The van der Waals surface area contributed by atoms with E-state index in [1.807, 2.05) is 6.07 Å². The molecule has 0 radical (unpaired) electrons. The first-order chi connectivity index (χ1) is 9.13. The number of esters is 1. The SMILES string of the molecule is COC(=O)c1oc(=O)c2c(OC)cccc2c1C#N. The van der Waals surface area contributed by atoms with Gasteiger partial charge >= 0.3 is 11.6 Å². The number of hydrogen-bond donors (Lipinski definition) is 0. The predicted octanol–water partition coefficient (Wildman–Crippen LogP) is 1.46. The van der Waals surface area contributed by atoms with Gasteiger partial charge in [-0.15, -0.1) is 0 Å². The largest absolute Gasteiger partial charge is 0.496 e. The molecule has 0 N–H and O–H groups in total. The number of benzene rings is 1. The standard InChI is InChI=1S/C13H9NO5/c1-17-9-5-3-4-7-8(6-14)11(13(16)18-2)19-12(15)10(7)9/h3-5H,1-2H3. The number of carbonyl (C=O) groups is 1. The highest BCUT2D eigenvalue weighted by molar-refractivity contribution is 5.99. The van der Waals surface area contributed by atoms with Crippen molar-refractivity contribution < 1.29 is 18.7 Å². The number of fused-ring (bicyclic) bond motifs is 1. The maximum absolute atomic E-state index is 11.9. The van der Waals surface area contributed by atoms with Crippen LogP contribution in [0.1, 0.15) is 16.1 Å². The summed E-state index contributed by atoms with van der Waals surface area (Å²) in [5.74, 6) is -1.01. The van der Waals surface area contributed by atoms with Crippen LogP contribution in [0, 0.1) is 11.3 Å². The van der Waals surface area contributed by atoms with Crippen LogP contribution < -0.4 is 10.4 Å². The molecule has 0 aliphatic rings. The second-order valence-electron chi connectivity index (χ2n) is 3.58. The fraction of sp³-hybridized carbons (Fsp3) is 0.154. The Labute approximate surface area is 107 Å². The van der Waals surface area contributed by atoms with Crippen molar-refractivity contribution in [3.63, 3.8) is 0 Å². The van der Waals surface area contributed by atoms with Crippen LogP contribution in [0.5, 0.6) is 5.75 Å². The molecule has 0 unspecified atom stereocenters.